The number of anilines is 1. The van der Waals surface area contributed by atoms with E-state index < -0.39 is 23.4 Å². The molecule has 11 nitrogen and oxygen atoms in total. The van der Waals surface area contributed by atoms with Crippen LogP contribution in [0.25, 0.3) is 28.2 Å². The Hall–Kier alpha value is -5.13. The molecule has 1 aromatic carbocycles. The Morgan fingerprint density at radius 3 is 2.09 bits per heavy atom. The number of rotatable bonds is 5. The molecule has 0 radical (unpaired) electrons. The zero-order valence-electron chi connectivity index (χ0n) is 25.6. The summed E-state index contributed by atoms with van der Waals surface area (Å²) in [5.41, 5.74) is 2.52. The van der Waals surface area contributed by atoms with E-state index in [4.69, 9.17) is 14.5 Å². The van der Waals surface area contributed by atoms with Crippen LogP contribution in [0.1, 0.15) is 60.1 Å². The van der Waals surface area contributed by atoms with E-state index in [1.807, 2.05) is 42.1 Å². The van der Waals surface area contributed by atoms with Gasteiger partial charge >= 0.3 is 12.2 Å². The van der Waals surface area contributed by atoms with Crippen LogP contribution < -0.4 is 4.90 Å². The van der Waals surface area contributed by atoms with Crippen LogP contribution in [0.4, 0.5) is 19.9 Å². The van der Waals surface area contributed by atoms with Gasteiger partial charge in [-0.25, -0.2) is 23.5 Å². The second-order valence-electron chi connectivity index (χ2n) is 12.3. The van der Waals surface area contributed by atoms with E-state index >= 15 is 0 Å². The molecule has 0 saturated heterocycles. The third-order valence-corrected chi connectivity index (χ3v) is 6.37. The van der Waals surface area contributed by atoms with E-state index in [0.29, 0.717) is 21.9 Å². The predicted molar refractivity (Wildman–Crippen MR) is 163 cm³/mol. The fourth-order valence-electron chi connectivity index (χ4n) is 4.31. The number of fused-ring (bicyclic) bond motifs is 1. The van der Waals surface area contributed by atoms with Gasteiger partial charge in [0.2, 0.25) is 0 Å². The zero-order chi connectivity index (χ0) is 31.8. The first-order valence-electron chi connectivity index (χ1n) is 14.1. The van der Waals surface area contributed by atoms with Gasteiger partial charge in [0.15, 0.2) is 5.65 Å². The summed E-state index contributed by atoms with van der Waals surface area (Å²) < 4.78 is 27.5. The van der Waals surface area contributed by atoms with E-state index in [1.54, 1.807) is 72.1 Å². The molecule has 44 heavy (non-hydrogen) atoms. The number of amides is 2. The van der Waals surface area contributed by atoms with Gasteiger partial charge in [-0.05, 0) is 90.4 Å². The highest BCUT2D eigenvalue weighted by Crippen LogP contribution is 2.26. The lowest BCUT2D eigenvalue weighted by Gasteiger charge is -2.26. The number of hydrogen-bond acceptors (Lipinski definition) is 8. The smallest absolute Gasteiger partial charge is 0.427 e. The van der Waals surface area contributed by atoms with Crippen molar-refractivity contribution in [2.45, 2.75) is 65.7 Å². The molecule has 0 spiro atoms. The topological polar surface area (TPSA) is 117 Å². The van der Waals surface area contributed by atoms with E-state index in [1.165, 1.54) is 16.6 Å². The molecule has 0 bridgehead atoms. The molecule has 5 aromatic rings. The highest BCUT2D eigenvalue weighted by molar-refractivity contribution is 6.08. The molecule has 0 aliphatic heterocycles. The molecule has 0 aliphatic carbocycles. The van der Waals surface area contributed by atoms with Crippen LogP contribution in [0.3, 0.4) is 0 Å². The van der Waals surface area contributed by atoms with Gasteiger partial charge in [-0.1, -0.05) is 18.2 Å². The first kappa shape index (κ1) is 30.3. The lowest BCUT2D eigenvalue weighted by Crippen LogP contribution is -2.44. The molecule has 0 fully saturated rings. The lowest BCUT2D eigenvalue weighted by atomic mass is 10.1. The number of carbonyl (C=O) groups is 2. The number of halogens is 1. The fraction of sp³-hybridized carbons (Fsp3) is 0.312. The van der Waals surface area contributed by atoms with Crippen LogP contribution in [0.5, 0.6) is 0 Å². The Morgan fingerprint density at radius 2 is 1.48 bits per heavy atom. The van der Waals surface area contributed by atoms with Crippen molar-refractivity contribution in [1.29, 1.82) is 0 Å². The Labute approximate surface area is 254 Å². The van der Waals surface area contributed by atoms with Gasteiger partial charge in [0.05, 0.1) is 23.6 Å². The summed E-state index contributed by atoms with van der Waals surface area (Å²) in [7, 11) is 0. The molecule has 2 amide bonds. The van der Waals surface area contributed by atoms with Crippen molar-refractivity contribution in [2.75, 3.05) is 4.90 Å². The van der Waals surface area contributed by atoms with Gasteiger partial charge in [-0.2, -0.15) is 10.1 Å². The van der Waals surface area contributed by atoms with Crippen LogP contribution in [0, 0.1) is 5.82 Å². The van der Waals surface area contributed by atoms with Gasteiger partial charge in [-0.3, -0.25) is 4.68 Å². The molecule has 4 aromatic heterocycles. The van der Waals surface area contributed by atoms with E-state index in [9.17, 15) is 14.0 Å². The molecular formula is C32H34FN7O4. The summed E-state index contributed by atoms with van der Waals surface area (Å²) in [5, 5.41) is 8.85. The minimum absolute atomic E-state index is 0.0991. The van der Waals surface area contributed by atoms with Crippen molar-refractivity contribution in [2.24, 2.45) is 0 Å². The molecule has 1 atom stereocenters. The molecule has 12 heteroatoms. The number of ether oxygens (including phenoxy) is 2. The van der Waals surface area contributed by atoms with Crippen molar-refractivity contribution < 1.29 is 23.5 Å². The lowest BCUT2D eigenvalue weighted by molar-refractivity contribution is 0.0427. The van der Waals surface area contributed by atoms with Gasteiger partial charge in [-0.15, -0.1) is 10.00 Å². The van der Waals surface area contributed by atoms with Crippen LogP contribution in [0.2, 0.25) is 0 Å². The quantitative estimate of drug-likeness (QED) is 0.210. The number of benzene rings is 1. The van der Waals surface area contributed by atoms with Crippen molar-refractivity contribution in [3.63, 3.8) is 0 Å². The van der Waals surface area contributed by atoms with E-state index in [-0.39, 0.29) is 17.8 Å². The summed E-state index contributed by atoms with van der Waals surface area (Å²) in [6.07, 6.45) is 3.40. The Kier molecular flexibility index (Phi) is 7.94. The number of aromatic nitrogens is 6. The maximum absolute atomic E-state index is 13.4. The van der Waals surface area contributed by atoms with Crippen LogP contribution in [-0.4, -0.2) is 52.8 Å². The van der Waals surface area contributed by atoms with Crippen LogP contribution >= 0.6 is 0 Å². The zero-order valence-corrected chi connectivity index (χ0v) is 25.6. The van der Waals surface area contributed by atoms with Gasteiger partial charge < -0.3 is 9.47 Å². The van der Waals surface area contributed by atoms with Crippen molar-refractivity contribution in [3.05, 3.63) is 84.6 Å². The molecule has 228 valence electrons. The van der Waals surface area contributed by atoms with E-state index in [2.05, 4.69) is 15.2 Å². The predicted octanol–water partition coefficient (Wildman–Crippen LogP) is 7.08. The normalized spacial score (nSPS) is 12.6. The maximum Gasteiger partial charge on any atom is 0.427 e. The third-order valence-electron chi connectivity index (χ3n) is 6.37. The Morgan fingerprint density at radius 1 is 0.864 bits per heavy atom. The highest BCUT2D eigenvalue weighted by Gasteiger charge is 2.35. The molecule has 4 heterocycles. The van der Waals surface area contributed by atoms with Crippen molar-refractivity contribution >= 4 is 23.8 Å². The first-order chi connectivity index (χ1) is 20.7. The summed E-state index contributed by atoms with van der Waals surface area (Å²) in [5.74, 6) is -0.470. The molecule has 0 saturated carbocycles. The standard InChI is InChI=1S/C32H34FN7O4/c1-20(21-11-13-24(33)14-12-21)39-19-23(18-34-39)26-10-8-9-25(35-26)22-15-16-38-27(17-22)36-28(37-38)40(29(41)43-31(2,3)4)30(42)44-32(5,6)7/h8-20H,1-7H3. The monoisotopic (exact) mass is 599 g/mol. The third kappa shape index (κ3) is 6.91. The number of nitrogens with zero attached hydrogens (tertiary/aromatic N) is 7. The van der Waals surface area contributed by atoms with Crippen LogP contribution in [0.15, 0.2) is 73.2 Å². The first-order valence-corrected chi connectivity index (χ1v) is 14.1. The summed E-state index contributed by atoms with van der Waals surface area (Å²) in [6.45, 7) is 12.2. The SMILES string of the molecule is CC(c1ccc(F)cc1)n1cc(-c2cccc(-c3ccn4nc(N(C(=O)OC(C)(C)C)C(=O)OC(C)(C)C)nc4c3)n2)cn1. The van der Waals surface area contributed by atoms with Gasteiger partial charge in [0, 0.05) is 23.5 Å². The highest BCUT2D eigenvalue weighted by atomic mass is 19.1. The van der Waals surface area contributed by atoms with E-state index in [0.717, 1.165) is 16.7 Å². The summed E-state index contributed by atoms with van der Waals surface area (Å²) in [4.78, 5) is 36.1. The average molecular weight is 600 g/mol. The Balaban J connectivity index is 1.43. The minimum atomic E-state index is -0.952. The average Bonchev–Trinajstić information content (AvgIpc) is 3.58. The van der Waals surface area contributed by atoms with Crippen molar-refractivity contribution in [1.82, 2.24) is 29.4 Å². The van der Waals surface area contributed by atoms with Crippen LogP contribution in [-0.2, 0) is 9.47 Å². The second-order valence-corrected chi connectivity index (χ2v) is 12.3. The van der Waals surface area contributed by atoms with Gasteiger partial charge in [0.25, 0.3) is 5.95 Å². The number of carbonyl (C=O) groups excluding carboxylic acids is 2. The molecule has 0 N–H and O–H groups in total. The van der Waals surface area contributed by atoms with Crippen molar-refractivity contribution in [3.8, 4) is 22.5 Å². The molecular weight excluding hydrogens is 565 g/mol. The number of pyridine rings is 2. The molecule has 5 rings (SSSR count). The largest absolute Gasteiger partial charge is 0.443 e. The molecule has 0 aliphatic rings. The Bertz CT molecular complexity index is 1790. The number of hydrogen-bond donors (Lipinski definition) is 0. The summed E-state index contributed by atoms with van der Waals surface area (Å²) >= 11 is 0. The minimum Gasteiger partial charge on any atom is -0.443 e. The second kappa shape index (κ2) is 11.5. The van der Waals surface area contributed by atoms with Gasteiger partial charge in [0.1, 0.15) is 17.0 Å². The fourth-order valence-corrected chi connectivity index (χ4v) is 4.31. The molecule has 1 unspecified atom stereocenters. The maximum atomic E-state index is 13.4. The number of imide groups is 1. The summed E-state index contributed by atoms with van der Waals surface area (Å²) in [6, 6.07) is 15.5.